The standard InChI is InChI=1S/C18H27N3O3/c1-19-17(20-12-18(22)8-4-3-5-9-18)21(2)11-14-6-7-15-16(10-14)24-13-23-15/h6-7,10,22H,3-5,8-9,11-13H2,1-2H3,(H,19,20). The molecule has 0 radical (unpaired) electrons. The van der Waals surface area contributed by atoms with Crippen LogP contribution in [0.1, 0.15) is 37.7 Å². The smallest absolute Gasteiger partial charge is 0.231 e. The number of ether oxygens (including phenoxy) is 2. The molecular weight excluding hydrogens is 306 g/mol. The number of fused-ring (bicyclic) bond motifs is 1. The number of hydrogen-bond donors (Lipinski definition) is 2. The van der Waals surface area contributed by atoms with Crippen LogP contribution in [0.15, 0.2) is 23.2 Å². The number of rotatable bonds is 4. The number of hydrogen-bond acceptors (Lipinski definition) is 4. The molecule has 0 saturated heterocycles. The van der Waals surface area contributed by atoms with Gasteiger partial charge in [0.25, 0.3) is 0 Å². The predicted molar refractivity (Wildman–Crippen MR) is 93.4 cm³/mol. The number of aliphatic imine (C=N–C) groups is 1. The number of benzene rings is 1. The van der Waals surface area contributed by atoms with E-state index in [9.17, 15) is 5.11 Å². The third-order valence-electron chi connectivity index (χ3n) is 4.79. The first-order valence-electron chi connectivity index (χ1n) is 8.62. The first kappa shape index (κ1) is 16.9. The number of aliphatic hydroxyl groups is 1. The quantitative estimate of drug-likeness (QED) is 0.653. The van der Waals surface area contributed by atoms with E-state index in [0.29, 0.717) is 13.1 Å². The van der Waals surface area contributed by atoms with Crippen LogP contribution >= 0.6 is 0 Å². The van der Waals surface area contributed by atoms with Gasteiger partial charge in [-0.1, -0.05) is 25.3 Å². The van der Waals surface area contributed by atoms with E-state index in [2.05, 4.69) is 10.3 Å². The van der Waals surface area contributed by atoms with Gasteiger partial charge in [-0.15, -0.1) is 0 Å². The van der Waals surface area contributed by atoms with E-state index in [-0.39, 0.29) is 6.79 Å². The van der Waals surface area contributed by atoms with Gasteiger partial charge >= 0.3 is 0 Å². The molecule has 1 aromatic carbocycles. The van der Waals surface area contributed by atoms with Crippen molar-refractivity contribution >= 4 is 5.96 Å². The van der Waals surface area contributed by atoms with Crippen LogP contribution in [0, 0.1) is 0 Å². The first-order chi connectivity index (χ1) is 11.6. The molecular formula is C18H27N3O3. The Morgan fingerprint density at radius 3 is 2.75 bits per heavy atom. The Morgan fingerprint density at radius 2 is 2.00 bits per heavy atom. The highest BCUT2D eigenvalue weighted by molar-refractivity contribution is 5.79. The second-order valence-electron chi connectivity index (χ2n) is 6.73. The molecule has 1 fully saturated rings. The molecule has 1 aliphatic carbocycles. The highest BCUT2D eigenvalue weighted by Gasteiger charge is 2.29. The van der Waals surface area contributed by atoms with Gasteiger partial charge in [0.1, 0.15) is 0 Å². The summed E-state index contributed by atoms with van der Waals surface area (Å²) in [7, 11) is 3.76. The third kappa shape index (κ3) is 3.93. The van der Waals surface area contributed by atoms with Crippen LogP contribution in [-0.4, -0.2) is 49.0 Å². The summed E-state index contributed by atoms with van der Waals surface area (Å²) in [6, 6.07) is 5.97. The molecule has 2 N–H and O–H groups in total. The molecule has 1 aliphatic heterocycles. The molecule has 0 atom stereocenters. The topological polar surface area (TPSA) is 66.3 Å². The molecule has 0 aromatic heterocycles. The van der Waals surface area contributed by atoms with Crippen molar-refractivity contribution < 1.29 is 14.6 Å². The molecule has 132 valence electrons. The molecule has 3 rings (SSSR count). The van der Waals surface area contributed by atoms with E-state index in [0.717, 1.165) is 48.7 Å². The summed E-state index contributed by atoms with van der Waals surface area (Å²) < 4.78 is 10.8. The van der Waals surface area contributed by atoms with Gasteiger partial charge in [0.2, 0.25) is 6.79 Å². The normalized spacial score (nSPS) is 19.2. The first-order valence-corrected chi connectivity index (χ1v) is 8.62. The number of nitrogens with zero attached hydrogens (tertiary/aromatic N) is 2. The second kappa shape index (κ2) is 7.30. The van der Waals surface area contributed by atoms with Gasteiger partial charge in [0.15, 0.2) is 17.5 Å². The summed E-state index contributed by atoms with van der Waals surface area (Å²) in [6.45, 7) is 1.54. The Balaban J connectivity index is 1.57. The maximum atomic E-state index is 10.6. The molecule has 0 unspecified atom stereocenters. The zero-order valence-corrected chi connectivity index (χ0v) is 14.5. The van der Waals surface area contributed by atoms with Crippen LogP contribution in [0.25, 0.3) is 0 Å². The van der Waals surface area contributed by atoms with Crippen LogP contribution in [0.5, 0.6) is 11.5 Å². The Bertz CT molecular complexity index is 597. The van der Waals surface area contributed by atoms with Crippen LogP contribution < -0.4 is 14.8 Å². The van der Waals surface area contributed by atoms with Crippen LogP contribution in [0.2, 0.25) is 0 Å². The van der Waals surface area contributed by atoms with Gasteiger partial charge in [0.05, 0.1) is 5.60 Å². The van der Waals surface area contributed by atoms with Crippen LogP contribution in [0.3, 0.4) is 0 Å². The second-order valence-corrected chi connectivity index (χ2v) is 6.73. The van der Waals surface area contributed by atoms with Crippen LogP contribution in [0.4, 0.5) is 0 Å². The SMILES string of the molecule is CN=C(NCC1(O)CCCCC1)N(C)Cc1ccc2c(c1)OCO2. The zero-order chi connectivity index (χ0) is 17.0. The van der Waals surface area contributed by atoms with Crippen molar-refractivity contribution in [2.24, 2.45) is 4.99 Å². The van der Waals surface area contributed by atoms with E-state index >= 15 is 0 Å². The minimum absolute atomic E-state index is 0.288. The van der Waals surface area contributed by atoms with Gasteiger partial charge in [0, 0.05) is 27.2 Å². The summed E-state index contributed by atoms with van der Waals surface area (Å²) in [4.78, 5) is 6.38. The van der Waals surface area contributed by atoms with E-state index in [4.69, 9.17) is 9.47 Å². The van der Waals surface area contributed by atoms with Gasteiger partial charge in [-0.2, -0.15) is 0 Å². The molecule has 2 aliphatic rings. The Labute approximate surface area is 143 Å². The van der Waals surface area contributed by atoms with E-state index < -0.39 is 5.60 Å². The van der Waals surface area contributed by atoms with Crippen molar-refractivity contribution in [2.45, 2.75) is 44.2 Å². The third-order valence-corrected chi connectivity index (χ3v) is 4.79. The zero-order valence-electron chi connectivity index (χ0n) is 14.5. The Morgan fingerprint density at radius 1 is 1.25 bits per heavy atom. The molecule has 6 heteroatoms. The lowest BCUT2D eigenvalue weighted by Gasteiger charge is -2.33. The van der Waals surface area contributed by atoms with Gasteiger partial charge in [-0.25, -0.2) is 0 Å². The maximum absolute atomic E-state index is 10.6. The molecule has 0 bridgehead atoms. The van der Waals surface area contributed by atoms with Gasteiger partial charge < -0.3 is 24.8 Å². The average Bonchev–Trinajstić information content (AvgIpc) is 3.03. The van der Waals surface area contributed by atoms with Crippen molar-refractivity contribution in [1.29, 1.82) is 0 Å². The Hall–Kier alpha value is -1.95. The number of nitrogens with one attached hydrogen (secondary N) is 1. The van der Waals surface area contributed by atoms with E-state index in [1.54, 1.807) is 7.05 Å². The molecule has 1 aromatic rings. The fraction of sp³-hybridized carbons (Fsp3) is 0.611. The summed E-state index contributed by atoms with van der Waals surface area (Å²) in [6.07, 6.45) is 5.15. The van der Waals surface area contributed by atoms with E-state index in [1.807, 2.05) is 30.1 Å². The van der Waals surface area contributed by atoms with Crippen molar-refractivity contribution in [3.63, 3.8) is 0 Å². The molecule has 6 nitrogen and oxygen atoms in total. The van der Waals surface area contributed by atoms with Crippen molar-refractivity contribution in [2.75, 3.05) is 27.4 Å². The molecule has 0 amide bonds. The number of guanidine groups is 1. The van der Waals surface area contributed by atoms with E-state index in [1.165, 1.54) is 6.42 Å². The Kier molecular flexibility index (Phi) is 5.14. The monoisotopic (exact) mass is 333 g/mol. The lowest BCUT2D eigenvalue weighted by atomic mass is 9.85. The van der Waals surface area contributed by atoms with Gasteiger partial charge in [-0.3, -0.25) is 4.99 Å². The van der Waals surface area contributed by atoms with Gasteiger partial charge in [-0.05, 0) is 30.5 Å². The van der Waals surface area contributed by atoms with Crippen molar-refractivity contribution in [3.05, 3.63) is 23.8 Å². The fourth-order valence-electron chi connectivity index (χ4n) is 3.40. The minimum Gasteiger partial charge on any atom is -0.454 e. The lowest BCUT2D eigenvalue weighted by molar-refractivity contribution is 0.00819. The molecule has 1 heterocycles. The minimum atomic E-state index is -0.603. The molecule has 24 heavy (non-hydrogen) atoms. The highest BCUT2D eigenvalue weighted by atomic mass is 16.7. The largest absolute Gasteiger partial charge is 0.454 e. The molecule has 0 spiro atoms. The fourth-order valence-corrected chi connectivity index (χ4v) is 3.40. The predicted octanol–water partition coefficient (Wildman–Crippen LogP) is 2.12. The highest BCUT2D eigenvalue weighted by Crippen LogP contribution is 2.32. The maximum Gasteiger partial charge on any atom is 0.231 e. The van der Waals surface area contributed by atoms with Crippen molar-refractivity contribution in [1.82, 2.24) is 10.2 Å². The average molecular weight is 333 g/mol. The van der Waals surface area contributed by atoms with Crippen molar-refractivity contribution in [3.8, 4) is 11.5 Å². The summed E-state index contributed by atoms with van der Waals surface area (Å²) in [5.41, 5.74) is 0.523. The summed E-state index contributed by atoms with van der Waals surface area (Å²) in [5, 5.41) is 13.9. The van der Waals surface area contributed by atoms with Crippen LogP contribution in [-0.2, 0) is 6.54 Å². The summed E-state index contributed by atoms with van der Waals surface area (Å²) >= 11 is 0. The summed E-state index contributed by atoms with van der Waals surface area (Å²) in [5.74, 6) is 2.37. The molecule has 1 saturated carbocycles. The lowest BCUT2D eigenvalue weighted by Crippen LogP contribution is -2.48.